The Morgan fingerprint density at radius 3 is 2.50 bits per heavy atom. The van der Waals surface area contributed by atoms with Gasteiger partial charge in [-0.2, -0.15) is 0 Å². The molecule has 1 saturated carbocycles. The summed E-state index contributed by atoms with van der Waals surface area (Å²) in [4.78, 5) is 27.5. The van der Waals surface area contributed by atoms with Crippen LogP contribution < -0.4 is 21.3 Å². The quantitative estimate of drug-likeness (QED) is 0.883. The van der Waals surface area contributed by atoms with E-state index in [1.165, 1.54) is 17.1 Å². The van der Waals surface area contributed by atoms with Crippen LogP contribution in [-0.4, -0.2) is 16.2 Å². The van der Waals surface area contributed by atoms with Crippen molar-refractivity contribution in [3.8, 4) is 5.75 Å². The summed E-state index contributed by atoms with van der Waals surface area (Å²) in [5.74, 6) is 1.19. The van der Waals surface area contributed by atoms with Gasteiger partial charge in [0, 0.05) is 17.8 Å². The number of hydrogen-bond donors (Lipinski definition) is 2. The van der Waals surface area contributed by atoms with E-state index in [-0.39, 0.29) is 17.3 Å². The van der Waals surface area contributed by atoms with E-state index in [0.29, 0.717) is 12.4 Å². The molecule has 24 heavy (non-hydrogen) atoms. The topological polar surface area (TPSA) is 76.1 Å². The molecular weight excluding hydrogens is 306 g/mol. The Hall–Kier alpha value is -2.50. The van der Waals surface area contributed by atoms with Crippen molar-refractivity contribution in [2.75, 3.05) is 11.9 Å². The second kappa shape index (κ2) is 7.38. The predicted octanol–water partition coefficient (Wildman–Crippen LogP) is 3.18. The minimum atomic E-state index is -0.345. The Morgan fingerprint density at radius 1 is 1.17 bits per heavy atom. The van der Waals surface area contributed by atoms with E-state index in [1.54, 1.807) is 0 Å². The molecule has 0 atom stereocenters. The van der Waals surface area contributed by atoms with E-state index in [0.717, 1.165) is 37.1 Å². The normalized spacial score (nSPS) is 15.2. The molecule has 0 radical (unpaired) electrons. The average Bonchev–Trinajstić information content (AvgIpc) is 2.57. The van der Waals surface area contributed by atoms with Crippen LogP contribution >= 0.6 is 0 Å². The van der Waals surface area contributed by atoms with E-state index in [2.05, 4.69) is 10.3 Å². The zero-order chi connectivity index (χ0) is 16.9. The Kier molecular flexibility index (Phi) is 5.03. The van der Waals surface area contributed by atoms with Crippen LogP contribution in [0.4, 0.5) is 11.5 Å². The van der Waals surface area contributed by atoms with Crippen molar-refractivity contribution >= 4 is 11.5 Å². The number of nitrogens with one attached hydrogen (secondary N) is 2. The van der Waals surface area contributed by atoms with Crippen molar-refractivity contribution in [3.63, 3.8) is 0 Å². The lowest BCUT2D eigenvalue weighted by Crippen LogP contribution is -2.38. The molecular formula is C18H23N3O3. The number of anilines is 2. The number of rotatable bonds is 5. The van der Waals surface area contributed by atoms with Crippen molar-refractivity contribution in [2.24, 2.45) is 0 Å². The molecule has 0 unspecified atom stereocenters. The highest BCUT2D eigenvalue weighted by atomic mass is 16.5. The van der Waals surface area contributed by atoms with Crippen LogP contribution in [0.25, 0.3) is 0 Å². The highest BCUT2D eigenvalue weighted by molar-refractivity contribution is 5.56. The molecule has 0 bridgehead atoms. The number of benzene rings is 1. The maximum atomic E-state index is 12.4. The lowest BCUT2D eigenvalue weighted by Gasteiger charge is -2.23. The van der Waals surface area contributed by atoms with Gasteiger partial charge in [-0.05, 0) is 44.0 Å². The van der Waals surface area contributed by atoms with Gasteiger partial charge in [0.2, 0.25) is 0 Å². The molecule has 0 amide bonds. The SMILES string of the molecule is CCOc1ccc(Nc2cc(=O)n(C3CCCCC3)c(=O)[nH]2)cc1. The van der Waals surface area contributed by atoms with Gasteiger partial charge in [0.15, 0.2) is 0 Å². The fourth-order valence-corrected chi connectivity index (χ4v) is 3.21. The van der Waals surface area contributed by atoms with Crippen LogP contribution in [0.3, 0.4) is 0 Å². The third kappa shape index (κ3) is 3.69. The molecule has 0 aliphatic heterocycles. The average molecular weight is 329 g/mol. The third-order valence-electron chi connectivity index (χ3n) is 4.35. The van der Waals surface area contributed by atoms with E-state index < -0.39 is 0 Å². The summed E-state index contributed by atoms with van der Waals surface area (Å²) < 4.78 is 6.76. The number of ether oxygens (including phenoxy) is 1. The number of aromatic amines is 1. The van der Waals surface area contributed by atoms with Crippen molar-refractivity contribution in [1.29, 1.82) is 0 Å². The van der Waals surface area contributed by atoms with Gasteiger partial charge in [-0.25, -0.2) is 4.79 Å². The minimum Gasteiger partial charge on any atom is -0.494 e. The van der Waals surface area contributed by atoms with Crippen LogP contribution in [0.15, 0.2) is 39.9 Å². The van der Waals surface area contributed by atoms with Gasteiger partial charge >= 0.3 is 5.69 Å². The van der Waals surface area contributed by atoms with Gasteiger partial charge in [-0.3, -0.25) is 14.3 Å². The van der Waals surface area contributed by atoms with Crippen LogP contribution in [0.2, 0.25) is 0 Å². The molecule has 1 fully saturated rings. The summed E-state index contributed by atoms with van der Waals surface area (Å²) in [7, 11) is 0. The molecule has 1 aromatic carbocycles. The molecule has 6 nitrogen and oxygen atoms in total. The monoisotopic (exact) mass is 329 g/mol. The maximum absolute atomic E-state index is 12.4. The lowest BCUT2D eigenvalue weighted by molar-refractivity contribution is 0.336. The maximum Gasteiger partial charge on any atom is 0.330 e. The summed E-state index contributed by atoms with van der Waals surface area (Å²) in [5.41, 5.74) is 0.186. The molecule has 0 spiro atoms. The minimum absolute atomic E-state index is 0.0227. The summed E-state index contributed by atoms with van der Waals surface area (Å²) in [5, 5.41) is 3.06. The number of hydrogen-bond acceptors (Lipinski definition) is 4. The Bertz CT molecular complexity index is 755. The molecule has 2 N–H and O–H groups in total. The van der Waals surface area contributed by atoms with Crippen molar-refractivity contribution in [3.05, 3.63) is 51.2 Å². The van der Waals surface area contributed by atoms with E-state index in [1.807, 2.05) is 31.2 Å². The van der Waals surface area contributed by atoms with Crippen LogP contribution in [0, 0.1) is 0 Å². The standard InChI is InChI=1S/C18H23N3O3/c1-2-24-15-10-8-13(9-11-15)19-16-12-17(22)21(18(23)20-16)14-6-4-3-5-7-14/h8-12,14,19H,2-7H2,1H3,(H,20,23). The first-order valence-corrected chi connectivity index (χ1v) is 8.53. The molecule has 1 aliphatic carbocycles. The Balaban J connectivity index is 1.79. The highest BCUT2D eigenvalue weighted by Gasteiger charge is 2.19. The summed E-state index contributed by atoms with van der Waals surface area (Å²) in [6, 6.07) is 8.84. The summed E-state index contributed by atoms with van der Waals surface area (Å²) >= 11 is 0. The Morgan fingerprint density at radius 2 is 1.88 bits per heavy atom. The summed E-state index contributed by atoms with van der Waals surface area (Å²) in [6.07, 6.45) is 5.12. The van der Waals surface area contributed by atoms with E-state index >= 15 is 0 Å². The lowest BCUT2D eigenvalue weighted by atomic mass is 9.95. The first-order valence-electron chi connectivity index (χ1n) is 8.53. The van der Waals surface area contributed by atoms with Gasteiger partial charge in [0.25, 0.3) is 5.56 Å². The zero-order valence-corrected chi connectivity index (χ0v) is 13.9. The summed E-state index contributed by atoms with van der Waals surface area (Å²) in [6.45, 7) is 2.54. The van der Waals surface area contributed by atoms with Crippen LogP contribution in [0.1, 0.15) is 45.1 Å². The van der Waals surface area contributed by atoms with Gasteiger partial charge in [-0.1, -0.05) is 19.3 Å². The molecule has 2 aromatic rings. The fourth-order valence-electron chi connectivity index (χ4n) is 3.21. The second-order valence-electron chi connectivity index (χ2n) is 6.07. The largest absolute Gasteiger partial charge is 0.494 e. The smallest absolute Gasteiger partial charge is 0.330 e. The highest BCUT2D eigenvalue weighted by Crippen LogP contribution is 2.26. The number of H-pyrrole nitrogens is 1. The van der Waals surface area contributed by atoms with Gasteiger partial charge in [0.1, 0.15) is 11.6 Å². The third-order valence-corrected chi connectivity index (χ3v) is 4.35. The molecule has 1 aromatic heterocycles. The molecule has 1 aliphatic rings. The molecule has 3 rings (SSSR count). The molecule has 0 saturated heterocycles. The van der Waals surface area contributed by atoms with Crippen molar-refractivity contribution in [2.45, 2.75) is 45.1 Å². The predicted molar refractivity (Wildman–Crippen MR) is 94.3 cm³/mol. The van der Waals surface area contributed by atoms with Crippen LogP contribution in [-0.2, 0) is 0 Å². The zero-order valence-electron chi connectivity index (χ0n) is 13.9. The van der Waals surface area contributed by atoms with Crippen LogP contribution in [0.5, 0.6) is 5.75 Å². The van der Waals surface area contributed by atoms with Gasteiger partial charge in [-0.15, -0.1) is 0 Å². The van der Waals surface area contributed by atoms with E-state index in [9.17, 15) is 9.59 Å². The number of nitrogens with zero attached hydrogens (tertiary/aromatic N) is 1. The molecule has 128 valence electrons. The van der Waals surface area contributed by atoms with E-state index in [4.69, 9.17) is 4.74 Å². The van der Waals surface area contributed by atoms with Gasteiger partial charge in [0.05, 0.1) is 6.61 Å². The first-order chi connectivity index (χ1) is 11.7. The van der Waals surface area contributed by atoms with Crippen molar-refractivity contribution < 1.29 is 4.74 Å². The second-order valence-corrected chi connectivity index (χ2v) is 6.07. The Labute approximate surface area is 140 Å². The van der Waals surface area contributed by atoms with Crippen molar-refractivity contribution in [1.82, 2.24) is 9.55 Å². The molecule has 1 heterocycles. The molecule has 6 heteroatoms. The number of aromatic nitrogens is 2. The first kappa shape index (κ1) is 16.4. The fraction of sp³-hybridized carbons (Fsp3) is 0.444. The van der Waals surface area contributed by atoms with Gasteiger partial charge < -0.3 is 10.1 Å².